The topological polar surface area (TPSA) is 67.4 Å². The molecule has 0 aliphatic carbocycles. The molecular formula is C13H20N2O3S. The summed E-state index contributed by atoms with van der Waals surface area (Å²) in [6.07, 6.45) is 1.61. The zero-order chi connectivity index (χ0) is 13.7. The molecule has 19 heavy (non-hydrogen) atoms. The maximum Gasteiger partial charge on any atom is 0.236 e. The van der Waals surface area contributed by atoms with E-state index in [4.69, 9.17) is 4.74 Å². The molecule has 0 spiro atoms. The van der Waals surface area contributed by atoms with Gasteiger partial charge in [-0.1, -0.05) is 6.92 Å². The quantitative estimate of drug-likeness (QED) is 0.832. The molecule has 6 heteroatoms. The standard InChI is InChI=1S/C13H20N2O3S/c1-2-9-18-12-5-3-11(4-6-12)15-19(16,17)13-7-8-14-10-13/h3-6,13-15H,2,7-10H2,1H3. The van der Waals surface area contributed by atoms with Gasteiger partial charge in [0.25, 0.3) is 0 Å². The van der Waals surface area contributed by atoms with Crippen LogP contribution in [-0.4, -0.2) is 33.4 Å². The Morgan fingerprint density at radius 1 is 1.37 bits per heavy atom. The molecule has 1 unspecified atom stereocenters. The summed E-state index contributed by atoms with van der Waals surface area (Å²) < 4.78 is 32.2. The lowest BCUT2D eigenvalue weighted by Crippen LogP contribution is -2.29. The molecular weight excluding hydrogens is 264 g/mol. The molecule has 1 heterocycles. The maximum atomic E-state index is 12.1. The summed E-state index contributed by atoms with van der Waals surface area (Å²) in [6.45, 7) is 3.99. The van der Waals surface area contributed by atoms with Crippen LogP contribution in [0, 0.1) is 0 Å². The number of anilines is 1. The van der Waals surface area contributed by atoms with Gasteiger partial charge in [0.15, 0.2) is 0 Å². The second kappa shape index (κ2) is 6.25. The molecule has 2 N–H and O–H groups in total. The highest BCUT2D eigenvalue weighted by Crippen LogP contribution is 2.19. The number of sulfonamides is 1. The van der Waals surface area contributed by atoms with Crippen LogP contribution in [0.3, 0.4) is 0 Å². The summed E-state index contributed by atoms with van der Waals surface area (Å²) in [4.78, 5) is 0. The second-order valence-corrected chi connectivity index (χ2v) is 6.60. The summed E-state index contributed by atoms with van der Waals surface area (Å²) in [6, 6.07) is 7.01. The van der Waals surface area contributed by atoms with Crippen LogP contribution in [0.1, 0.15) is 19.8 Å². The Balaban J connectivity index is 1.98. The summed E-state index contributed by atoms with van der Waals surface area (Å²) in [5.74, 6) is 0.757. The van der Waals surface area contributed by atoms with Crippen molar-refractivity contribution in [2.24, 2.45) is 0 Å². The lowest BCUT2D eigenvalue weighted by Gasteiger charge is -2.13. The number of hydrogen-bond acceptors (Lipinski definition) is 4. The van der Waals surface area contributed by atoms with E-state index < -0.39 is 10.0 Å². The van der Waals surface area contributed by atoms with Gasteiger partial charge in [-0.05, 0) is 43.7 Å². The fourth-order valence-electron chi connectivity index (χ4n) is 1.98. The average molecular weight is 284 g/mol. The maximum absolute atomic E-state index is 12.1. The predicted molar refractivity (Wildman–Crippen MR) is 76.0 cm³/mol. The SMILES string of the molecule is CCCOc1ccc(NS(=O)(=O)C2CCNC2)cc1. The molecule has 0 amide bonds. The molecule has 1 aromatic rings. The predicted octanol–water partition coefficient (Wildman–Crippen LogP) is 1.58. The molecule has 106 valence electrons. The molecule has 1 fully saturated rings. The third-order valence-corrected chi connectivity index (χ3v) is 4.84. The fraction of sp³-hybridized carbons (Fsp3) is 0.538. The molecule has 1 saturated heterocycles. The highest BCUT2D eigenvalue weighted by Gasteiger charge is 2.28. The zero-order valence-electron chi connectivity index (χ0n) is 11.1. The molecule has 1 aliphatic heterocycles. The first-order valence-electron chi connectivity index (χ1n) is 6.57. The molecule has 2 rings (SSSR count). The van der Waals surface area contributed by atoms with Crippen LogP contribution < -0.4 is 14.8 Å². The van der Waals surface area contributed by atoms with E-state index in [2.05, 4.69) is 10.0 Å². The van der Waals surface area contributed by atoms with Crippen LogP contribution >= 0.6 is 0 Å². The van der Waals surface area contributed by atoms with Gasteiger partial charge in [0.2, 0.25) is 10.0 Å². The van der Waals surface area contributed by atoms with Gasteiger partial charge in [0.1, 0.15) is 5.75 Å². The van der Waals surface area contributed by atoms with Gasteiger partial charge in [-0.15, -0.1) is 0 Å². The third-order valence-electron chi connectivity index (χ3n) is 3.04. The average Bonchev–Trinajstić information content (AvgIpc) is 2.92. The molecule has 0 bridgehead atoms. The first kappa shape index (κ1) is 14.1. The minimum Gasteiger partial charge on any atom is -0.494 e. The molecule has 0 saturated carbocycles. The third kappa shape index (κ3) is 3.84. The van der Waals surface area contributed by atoms with Crippen molar-refractivity contribution in [3.63, 3.8) is 0 Å². The molecule has 0 aromatic heterocycles. The van der Waals surface area contributed by atoms with Gasteiger partial charge in [-0.25, -0.2) is 8.42 Å². The number of benzene rings is 1. The highest BCUT2D eigenvalue weighted by molar-refractivity contribution is 7.93. The first-order chi connectivity index (χ1) is 9.12. The normalized spacial score (nSPS) is 19.3. The minimum absolute atomic E-state index is 0.344. The van der Waals surface area contributed by atoms with Crippen molar-refractivity contribution in [2.45, 2.75) is 25.0 Å². The van der Waals surface area contributed by atoms with Crippen LogP contribution in [0.5, 0.6) is 5.75 Å². The van der Waals surface area contributed by atoms with Crippen LogP contribution in [0.4, 0.5) is 5.69 Å². The monoisotopic (exact) mass is 284 g/mol. The van der Waals surface area contributed by atoms with Crippen LogP contribution in [0.2, 0.25) is 0 Å². The Morgan fingerprint density at radius 3 is 2.68 bits per heavy atom. The van der Waals surface area contributed by atoms with Crippen molar-refractivity contribution in [3.8, 4) is 5.75 Å². The Kier molecular flexibility index (Phi) is 4.66. The van der Waals surface area contributed by atoms with Gasteiger partial charge in [0.05, 0.1) is 11.9 Å². The van der Waals surface area contributed by atoms with E-state index in [9.17, 15) is 8.42 Å². The van der Waals surface area contributed by atoms with Gasteiger partial charge >= 0.3 is 0 Å². The fourth-order valence-corrected chi connectivity index (χ4v) is 3.38. The molecule has 0 radical (unpaired) electrons. The van der Waals surface area contributed by atoms with E-state index in [0.29, 0.717) is 25.3 Å². The van der Waals surface area contributed by atoms with E-state index in [0.717, 1.165) is 18.7 Å². The number of hydrogen-bond donors (Lipinski definition) is 2. The highest BCUT2D eigenvalue weighted by atomic mass is 32.2. The van der Waals surface area contributed by atoms with Crippen molar-refractivity contribution in [2.75, 3.05) is 24.4 Å². The molecule has 1 atom stereocenters. The Hall–Kier alpha value is -1.27. The molecule has 1 aliphatic rings. The van der Waals surface area contributed by atoms with Crippen LogP contribution in [-0.2, 0) is 10.0 Å². The Bertz CT molecular complexity index is 493. The number of rotatable bonds is 6. The smallest absolute Gasteiger partial charge is 0.236 e. The largest absolute Gasteiger partial charge is 0.494 e. The van der Waals surface area contributed by atoms with Crippen molar-refractivity contribution in [1.29, 1.82) is 0 Å². The molecule has 1 aromatic carbocycles. The summed E-state index contributed by atoms with van der Waals surface area (Å²) >= 11 is 0. The zero-order valence-corrected chi connectivity index (χ0v) is 11.9. The van der Waals surface area contributed by atoms with Crippen LogP contribution in [0.25, 0.3) is 0 Å². The van der Waals surface area contributed by atoms with E-state index in [-0.39, 0.29) is 5.25 Å². The van der Waals surface area contributed by atoms with Gasteiger partial charge < -0.3 is 10.1 Å². The van der Waals surface area contributed by atoms with E-state index in [1.54, 1.807) is 24.3 Å². The first-order valence-corrected chi connectivity index (χ1v) is 8.11. The van der Waals surface area contributed by atoms with Gasteiger partial charge in [-0.3, -0.25) is 4.72 Å². The van der Waals surface area contributed by atoms with E-state index in [1.165, 1.54) is 0 Å². The minimum atomic E-state index is -3.30. The Labute approximate surface area is 114 Å². The van der Waals surface area contributed by atoms with E-state index >= 15 is 0 Å². The van der Waals surface area contributed by atoms with Crippen molar-refractivity contribution in [1.82, 2.24) is 5.32 Å². The summed E-state index contributed by atoms with van der Waals surface area (Å²) in [7, 11) is -3.30. The lowest BCUT2D eigenvalue weighted by molar-refractivity contribution is 0.317. The lowest BCUT2D eigenvalue weighted by atomic mass is 10.3. The summed E-state index contributed by atoms with van der Waals surface area (Å²) in [5.41, 5.74) is 0.579. The van der Waals surface area contributed by atoms with Crippen molar-refractivity contribution in [3.05, 3.63) is 24.3 Å². The summed E-state index contributed by atoms with van der Waals surface area (Å²) in [5, 5.41) is 2.71. The van der Waals surface area contributed by atoms with Gasteiger partial charge in [0, 0.05) is 12.2 Å². The van der Waals surface area contributed by atoms with E-state index in [1.807, 2.05) is 6.92 Å². The second-order valence-electron chi connectivity index (χ2n) is 4.63. The van der Waals surface area contributed by atoms with Gasteiger partial charge in [-0.2, -0.15) is 0 Å². The number of nitrogens with one attached hydrogen (secondary N) is 2. The molecule has 5 nitrogen and oxygen atoms in total. The van der Waals surface area contributed by atoms with Crippen molar-refractivity contribution >= 4 is 15.7 Å². The number of ether oxygens (including phenoxy) is 1. The van der Waals surface area contributed by atoms with Crippen LogP contribution in [0.15, 0.2) is 24.3 Å². The van der Waals surface area contributed by atoms with Crippen molar-refractivity contribution < 1.29 is 13.2 Å². The Morgan fingerprint density at radius 2 is 2.11 bits per heavy atom.